The first-order chi connectivity index (χ1) is 10.1. The number of aromatic nitrogens is 5. The molecule has 0 atom stereocenters. The monoisotopic (exact) mass is 305 g/mol. The van der Waals surface area contributed by atoms with Gasteiger partial charge >= 0.3 is 5.97 Å². The molecule has 9 heteroatoms. The summed E-state index contributed by atoms with van der Waals surface area (Å²) in [6, 6.07) is 6.69. The predicted octanol–water partition coefficient (Wildman–Crippen LogP) is 1.33. The fourth-order valence-electron chi connectivity index (χ4n) is 1.71. The fraction of sp³-hybridized carbons (Fsp3) is 0.0833. The van der Waals surface area contributed by atoms with Gasteiger partial charge < -0.3 is 9.84 Å². The van der Waals surface area contributed by atoms with Crippen LogP contribution >= 0.6 is 11.6 Å². The van der Waals surface area contributed by atoms with Crippen molar-refractivity contribution in [3.8, 4) is 11.4 Å². The highest BCUT2D eigenvalue weighted by Crippen LogP contribution is 2.18. The third-order valence-corrected chi connectivity index (χ3v) is 2.79. The van der Waals surface area contributed by atoms with Gasteiger partial charge in [0.15, 0.2) is 17.8 Å². The quantitative estimate of drug-likeness (QED) is 0.725. The normalized spacial score (nSPS) is 10.7. The maximum absolute atomic E-state index is 10.4. The Morgan fingerprint density at radius 2 is 2.10 bits per heavy atom. The summed E-state index contributed by atoms with van der Waals surface area (Å²) in [5.74, 6) is -0.592. The van der Waals surface area contributed by atoms with Gasteiger partial charge in [0.25, 0.3) is 0 Å². The minimum Gasteiger partial charge on any atom is -0.482 e. The smallest absolute Gasteiger partial charge is 0.341 e. The largest absolute Gasteiger partial charge is 0.482 e. The van der Waals surface area contributed by atoms with Gasteiger partial charge in [-0.05, 0) is 35.9 Å². The van der Waals surface area contributed by atoms with E-state index in [0.717, 1.165) is 0 Å². The standard InChI is InChI=1S/C12H8ClN5O3/c13-12-14-5-9-11(15-12)18(17-16-9)7-1-3-8(4-2-7)21-6-10(19)20/h1-5H,6H2,(H,19,20). The lowest BCUT2D eigenvalue weighted by atomic mass is 10.3. The van der Waals surface area contributed by atoms with Crippen molar-refractivity contribution in [1.29, 1.82) is 0 Å². The van der Waals surface area contributed by atoms with Crippen LogP contribution in [0.1, 0.15) is 0 Å². The second kappa shape index (κ2) is 5.33. The van der Waals surface area contributed by atoms with Crippen molar-refractivity contribution in [2.75, 3.05) is 6.61 Å². The van der Waals surface area contributed by atoms with Crippen molar-refractivity contribution < 1.29 is 14.6 Å². The highest BCUT2D eigenvalue weighted by atomic mass is 35.5. The molecule has 0 aliphatic heterocycles. The van der Waals surface area contributed by atoms with E-state index < -0.39 is 12.6 Å². The van der Waals surface area contributed by atoms with E-state index in [2.05, 4.69) is 20.3 Å². The van der Waals surface area contributed by atoms with E-state index in [1.54, 1.807) is 24.3 Å². The minimum absolute atomic E-state index is 0.104. The van der Waals surface area contributed by atoms with E-state index in [-0.39, 0.29) is 5.28 Å². The molecule has 0 aliphatic rings. The molecule has 3 rings (SSSR count). The van der Waals surface area contributed by atoms with E-state index in [9.17, 15) is 4.79 Å². The summed E-state index contributed by atoms with van der Waals surface area (Å²) in [6.07, 6.45) is 1.48. The molecular formula is C12H8ClN5O3. The van der Waals surface area contributed by atoms with Crippen molar-refractivity contribution in [1.82, 2.24) is 25.0 Å². The Hall–Kier alpha value is -2.74. The zero-order valence-corrected chi connectivity index (χ0v) is 11.2. The molecule has 0 bridgehead atoms. The minimum atomic E-state index is -1.03. The summed E-state index contributed by atoms with van der Waals surface area (Å²) in [4.78, 5) is 18.3. The van der Waals surface area contributed by atoms with Crippen LogP contribution in [0.25, 0.3) is 16.9 Å². The molecule has 0 aliphatic carbocycles. The molecule has 0 radical (unpaired) electrons. The lowest BCUT2D eigenvalue weighted by Gasteiger charge is -2.05. The molecule has 3 aromatic rings. The number of aliphatic carboxylic acids is 1. The second-order valence-electron chi connectivity index (χ2n) is 4.03. The predicted molar refractivity (Wildman–Crippen MR) is 72.6 cm³/mol. The van der Waals surface area contributed by atoms with E-state index >= 15 is 0 Å². The van der Waals surface area contributed by atoms with Crippen LogP contribution < -0.4 is 4.74 Å². The number of rotatable bonds is 4. The van der Waals surface area contributed by atoms with E-state index in [0.29, 0.717) is 22.6 Å². The van der Waals surface area contributed by atoms with Crippen molar-refractivity contribution >= 4 is 28.7 Å². The van der Waals surface area contributed by atoms with Crippen LogP contribution in [0.5, 0.6) is 5.75 Å². The molecule has 0 unspecified atom stereocenters. The Labute approximate surface area is 123 Å². The number of fused-ring (bicyclic) bond motifs is 1. The Morgan fingerprint density at radius 3 is 2.81 bits per heavy atom. The molecule has 2 aromatic heterocycles. The Kier molecular flexibility index (Phi) is 3.36. The van der Waals surface area contributed by atoms with Gasteiger partial charge in [0.05, 0.1) is 11.9 Å². The van der Waals surface area contributed by atoms with Crippen LogP contribution in [0.15, 0.2) is 30.5 Å². The maximum atomic E-state index is 10.4. The van der Waals surface area contributed by atoms with Gasteiger partial charge in [-0.3, -0.25) is 0 Å². The summed E-state index contributed by atoms with van der Waals surface area (Å²) < 4.78 is 6.56. The summed E-state index contributed by atoms with van der Waals surface area (Å²) in [5, 5.41) is 16.6. The number of ether oxygens (including phenoxy) is 1. The number of halogens is 1. The van der Waals surface area contributed by atoms with Crippen LogP contribution in [0.3, 0.4) is 0 Å². The Balaban J connectivity index is 1.92. The SMILES string of the molecule is O=C(O)COc1ccc(-n2nnc3cnc(Cl)nc32)cc1. The molecule has 1 aromatic carbocycles. The third-order valence-electron chi connectivity index (χ3n) is 2.61. The van der Waals surface area contributed by atoms with Crippen molar-refractivity contribution in [3.63, 3.8) is 0 Å². The number of nitrogens with zero attached hydrogens (tertiary/aromatic N) is 5. The van der Waals surface area contributed by atoms with Gasteiger partial charge in [-0.25, -0.2) is 9.78 Å². The number of hydrogen-bond acceptors (Lipinski definition) is 6. The molecule has 2 heterocycles. The first-order valence-corrected chi connectivity index (χ1v) is 6.20. The maximum Gasteiger partial charge on any atom is 0.341 e. The Morgan fingerprint density at radius 1 is 1.33 bits per heavy atom. The number of carbonyl (C=O) groups is 1. The molecule has 0 saturated heterocycles. The molecule has 0 saturated carbocycles. The second-order valence-corrected chi connectivity index (χ2v) is 4.36. The van der Waals surface area contributed by atoms with Crippen LogP contribution in [0.4, 0.5) is 0 Å². The molecular weight excluding hydrogens is 298 g/mol. The average Bonchev–Trinajstić information content (AvgIpc) is 2.88. The number of hydrogen-bond donors (Lipinski definition) is 1. The summed E-state index contributed by atoms with van der Waals surface area (Å²) in [7, 11) is 0. The Bertz CT molecular complexity index is 802. The zero-order chi connectivity index (χ0) is 14.8. The summed E-state index contributed by atoms with van der Waals surface area (Å²) >= 11 is 5.76. The highest BCUT2D eigenvalue weighted by Gasteiger charge is 2.09. The van der Waals surface area contributed by atoms with Gasteiger partial charge in [0.2, 0.25) is 5.28 Å². The van der Waals surface area contributed by atoms with Crippen LogP contribution in [-0.2, 0) is 4.79 Å². The van der Waals surface area contributed by atoms with E-state index in [1.165, 1.54) is 10.9 Å². The van der Waals surface area contributed by atoms with Gasteiger partial charge in [0.1, 0.15) is 5.75 Å². The fourth-order valence-corrected chi connectivity index (χ4v) is 1.84. The summed E-state index contributed by atoms with van der Waals surface area (Å²) in [6.45, 7) is -0.394. The molecule has 8 nitrogen and oxygen atoms in total. The van der Waals surface area contributed by atoms with Crippen molar-refractivity contribution in [2.45, 2.75) is 0 Å². The average molecular weight is 306 g/mol. The summed E-state index contributed by atoms with van der Waals surface area (Å²) in [5.41, 5.74) is 1.69. The number of carboxylic acids is 1. The van der Waals surface area contributed by atoms with E-state index in [4.69, 9.17) is 21.4 Å². The van der Waals surface area contributed by atoms with Gasteiger partial charge in [-0.2, -0.15) is 9.67 Å². The van der Waals surface area contributed by atoms with Crippen LogP contribution in [0, 0.1) is 0 Å². The number of carboxylic acid groups (broad SMARTS) is 1. The van der Waals surface area contributed by atoms with Gasteiger partial charge in [0, 0.05) is 0 Å². The first-order valence-electron chi connectivity index (χ1n) is 5.82. The lowest BCUT2D eigenvalue weighted by molar-refractivity contribution is -0.139. The molecule has 1 N–H and O–H groups in total. The molecule has 106 valence electrons. The molecule has 0 amide bonds. The topological polar surface area (TPSA) is 103 Å². The number of benzene rings is 1. The zero-order valence-electron chi connectivity index (χ0n) is 10.5. The van der Waals surface area contributed by atoms with Crippen molar-refractivity contribution in [2.24, 2.45) is 0 Å². The van der Waals surface area contributed by atoms with Crippen LogP contribution in [-0.4, -0.2) is 42.6 Å². The van der Waals surface area contributed by atoms with Crippen LogP contribution in [0.2, 0.25) is 5.28 Å². The van der Waals surface area contributed by atoms with Crippen molar-refractivity contribution in [3.05, 3.63) is 35.7 Å². The van der Waals surface area contributed by atoms with Gasteiger partial charge in [-0.1, -0.05) is 5.21 Å². The molecule has 21 heavy (non-hydrogen) atoms. The van der Waals surface area contributed by atoms with Gasteiger partial charge in [-0.15, -0.1) is 5.10 Å². The third kappa shape index (κ3) is 2.75. The molecule has 0 fully saturated rings. The highest BCUT2D eigenvalue weighted by molar-refractivity contribution is 6.28. The lowest BCUT2D eigenvalue weighted by Crippen LogP contribution is -2.09. The molecule has 0 spiro atoms. The first kappa shape index (κ1) is 13.3. The van der Waals surface area contributed by atoms with E-state index in [1.807, 2.05) is 0 Å².